The van der Waals surface area contributed by atoms with Gasteiger partial charge in [-0.3, -0.25) is 15.0 Å². The van der Waals surface area contributed by atoms with Crippen LogP contribution in [-0.4, -0.2) is 42.1 Å². The number of hydrogen-bond donors (Lipinski definition) is 0. The van der Waals surface area contributed by atoms with E-state index in [1.54, 1.807) is 0 Å². The third kappa shape index (κ3) is 5.75. The van der Waals surface area contributed by atoms with Gasteiger partial charge in [0.25, 0.3) is 5.69 Å². The molecule has 7 nitrogen and oxygen atoms in total. The topological polar surface area (TPSA) is 81.9 Å². The highest BCUT2D eigenvalue weighted by Gasteiger charge is 2.14. The molecule has 0 N–H and O–H groups in total. The van der Waals surface area contributed by atoms with Crippen molar-refractivity contribution < 1.29 is 19.2 Å². The quantitative estimate of drug-likeness (QED) is 0.426. The number of carbonyl (C=O) groups is 1. The zero-order valence-corrected chi connectivity index (χ0v) is 15.5. The predicted octanol–water partition coefficient (Wildman–Crippen LogP) is 3.21. The summed E-state index contributed by atoms with van der Waals surface area (Å²) in [6, 6.07) is 13.3. The monoisotopic (exact) mass is 392 g/mol. The fourth-order valence-corrected chi connectivity index (χ4v) is 2.80. The van der Waals surface area contributed by atoms with E-state index in [2.05, 4.69) is 4.90 Å². The minimum Gasteiger partial charge on any atom is -0.457 e. The van der Waals surface area contributed by atoms with E-state index in [0.29, 0.717) is 5.56 Å². The Morgan fingerprint density at radius 2 is 1.70 bits per heavy atom. The number of morpholine rings is 1. The van der Waals surface area contributed by atoms with Crippen LogP contribution < -0.4 is 0 Å². The fraction of sp³-hybridized carbons (Fsp3) is 0.316. The first-order chi connectivity index (χ1) is 12.6. The normalized spacial score (nSPS) is 14.2. The van der Waals surface area contributed by atoms with Gasteiger partial charge in [-0.15, -0.1) is 12.4 Å². The Morgan fingerprint density at radius 1 is 1.07 bits per heavy atom. The molecule has 0 atom stereocenters. The number of halogens is 1. The van der Waals surface area contributed by atoms with Crippen LogP contribution in [0.3, 0.4) is 0 Å². The zero-order valence-electron chi connectivity index (χ0n) is 14.7. The Bertz CT molecular complexity index is 776. The van der Waals surface area contributed by atoms with Crippen molar-refractivity contribution in [3.8, 4) is 0 Å². The molecule has 0 saturated carbocycles. The number of non-ortho nitro benzene ring substituents is 1. The Morgan fingerprint density at radius 3 is 2.33 bits per heavy atom. The molecular weight excluding hydrogens is 372 g/mol. The number of ether oxygens (including phenoxy) is 2. The summed E-state index contributed by atoms with van der Waals surface area (Å²) in [5, 5.41) is 10.7. The third-order valence-electron chi connectivity index (χ3n) is 4.29. The standard InChI is InChI=1S/C19H20N2O5.ClH/c22-19(15-5-7-18(8-6-15)21(23)24)26-14-17-4-2-1-3-16(17)13-20-9-11-25-12-10-20;/h1-8H,9-14H2;1H. The van der Waals surface area contributed by atoms with E-state index in [9.17, 15) is 14.9 Å². The maximum atomic E-state index is 12.2. The first-order valence-electron chi connectivity index (χ1n) is 8.42. The zero-order chi connectivity index (χ0) is 18.4. The second-order valence-corrected chi connectivity index (χ2v) is 6.04. The molecule has 0 radical (unpaired) electrons. The molecular formula is C19H21ClN2O5. The number of rotatable bonds is 6. The highest BCUT2D eigenvalue weighted by molar-refractivity contribution is 5.89. The molecule has 27 heavy (non-hydrogen) atoms. The van der Waals surface area contributed by atoms with Crippen LogP contribution in [0.25, 0.3) is 0 Å². The summed E-state index contributed by atoms with van der Waals surface area (Å²) in [6.45, 7) is 4.19. The van der Waals surface area contributed by atoms with E-state index >= 15 is 0 Å². The van der Waals surface area contributed by atoms with Gasteiger partial charge in [-0.2, -0.15) is 0 Å². The second-order valence-electron chi connectivity index (χ2n) is 6.04. The largest absolute Gasteiger partial charge is 0.457 e. The minimum absolute atomic E-state index is 0. The molecule has 0 bridgehead atoms. The molecule has 0 unspecified atom stereocenters. The van der Waals surface area contributed by atoms with Crippen LogP contribution in [-0.2, 0) is 22.6 Å². The first kappa shape index (κ1) is 20.8. The van der Waals surface area contributed by atoms with Crippen molar-refractivity contribution in [2.75, 3.05) is 26.3 Å². The van der Waals surface area contributed by atoms with Gasteiger partial charge in [-0.1, -0.05) is 24.3 Å². The number of esters is 1. The molecule has 8 heteroatoms. The Labute approximate surface area is 163 Å². The first-order valence-corrected chi connectivity index (χ1v) is 8.42. The summed E-state index contributed by atoms with van der Waals surface area (Å²) in [6.07, 6.45) is 0. The van der Waals surface area contributed by atoms with Gasteiger partial charge in [0.05, 0.1) is 23.7 Å². The summed E-state index contributed by atoms with van der Waals surface area (Å²) in [4.78, 5) is 24.7. The highest BCUT2D eigenvalue weighted by Crippen LogP contribution is 2.16. The van der Waals surface area contributed by atoms with Crippen LogP contribution in [0.5, 0.6) is 0 Å². The van der Waals surface area contributed by atoms with Gasteiger partial charge in [0.2, 0.25) is 0 Å². The summed E-state index contributed by atoms with van der Waals surface area (Å²) in [5.74, 6) is -0.499. The lowest BCUT2D eigenvalue weighted by Gasteiger charge is -2.27. The summed E-state index contributed by atoms with van der Waals surface area (Å²) in [5.41, 5.74) is 2.30. The van der Waals surface area contributed by atoms with Crippen molar-refractivity contribution in [3.63, 3.8) is 0 Å². The molecule has 0 aromatic heterocycles. The number of hydrogen-bond acceptors (Lipinski definition) is 6. The van der Waals surface area contributed by atoms with Gasteiger partial charge in [0.1, 0.15) is 6.61 Å². The molecule has 144 valence electrons. The Balaban J connectivity index is 0.00000261. The lowest BCUT2D eigenvalue weighted by molar-refractivity contribution is -0.384. The summed E-state index contributed by atoms with van der Waals surface area (Å²) < 4.78 is 10.8. The average molecular weight is 393 g/mol. The van der Waals surface area contributed by atoms with E-state index < -0.39 is 10.9 Å². The number of nitro benzene ring substituents is 1. The van der Waals surface area contributed by atoms with Crippen LogP contribution in [0.2, 0.25) is 0 Å². The van der Waals surface area contributed by atoms with Gasteiger partial charge < -0.3 is 9.47 Å². The smallest absolute Gasteiger partial charge is 0.338 e. The molecule has 2 aromatic carbocycles. The van der Waals surface area contributed by atoms with E-state index in [1.165, 1.54) is 24.3 Å². The molecule has 1 fully saturated rings. The number of nitro groups is 1. The highest BCUT2D eigenvalue weighted by atomic mass is 35.5. The van der Waals surface area contributed by atoms with Gasteiger partial charge in [-0.05, 0) is 23.3 Å². The van der Waals surface area contributed by atoms with Gasteiger partial charge in [-0.25, -0.2) is 4.79 Å². The van der Waals surface area contributed by atoms with Crippen molar-refractivity contribution >= 4 is 24.1 Å². The minimum atomic E-state index is -0.503. The maximum Gasteiger partial charge on any atom is 0.338 e. The van der Waals surface area contributed by atoms with Crippen LogP contribution >= 0.6 is 12.4 Å². The average Bonchev–Trinajstić information content (AvgIpc) is 2.68. The van der Waals surface area contributed by atoms with E-state index in [-0.39, 0.29) is 24.7 Å². The molecule has 1 saturated heterocycles. The van der Waals surface area contributed by atoms with Gasteiger partial charge >= 0.3 is 5.97 Å². The van der Waals surface area contributed by atoms with Crippen molar-refractivity contribution in [3.05, 3.63) is 75.3 Å². The van der Waals surface area contributed by atoms with Crippen molar-refractivity contribution in [1.82, 2.24) is 4.90 Å². The molecule has 0 amide bonds. The van der Waals surface area contributed by atoms with Crippen molar-refractivity contribution in [2.45, 2.75) is 13.2 Å². The van der Waals surface area contributed by atoms with Crippen molar-refractivity contribution in [1.29, 1.82) is 0 Å². The molecule has 1 aliphatic rings. The third-order valence-corrected chi connectivity index (χ3v) is 4.29. The maximum absolute atomic E-state index is 12.2. The Hall–Kier alpha value is -2.48. The fourth-order valence-electron chi connectivity index (χ4n) is 2.80. The van der Waals surface area contributed by atoms with Crippen LogP contribution in [0.15, 0.2) is 48.5 Å². The lowest BCUT2D eigenvalue weighted by Crippen LogP contribution is -2.35. The van der Waals surface area contributed by atoms with E-state index in [0.717, 1.165) is 44.0 Å². The van der Waals surface area contributed by atoms with Crippen molar-refractivity contribution in [2.24, 2.45) is 0 Å². The van der Waals surface area contributed by atoms with E-state index in [1.807, 2.05) is 24.3 Å². The predicted molar refractivity (Wildman–Crippen MR) is 102 cm³/mol. The number of carbonyl (C=O) groups excluding carboxylic acids is 1. The number of nitrogens with zero attached hydrogens (tertiary/aromatic N) is 2. The number of benzene rings is 2. The van der Waals surface area contributed by atoms with E-state index in [4.69, 9.17) is 9.47 Å². The van der Waals surface area contributed by atoms with Crippen LogP contribution in [0.1, 0.15) is 21.5 Å². The molecule has 0 aliphatic carbocycles. The molecule has 1 heterocycles. The van der Waals surface area contributed by atoms with Gasteiger partial charge in [0.15, 0.2) is 0 Å². The molecule has 1 aliphatic heterocycles. The molecule has 2 aromatic rings. The van der Waals surface area contributed by atoms with Crippen LogP contribution in [0, 0.1) is 10.1 Å². The lowest BCUT2D eigenvalue weighted by atomic mass is 10.1. The van der Waals surface area contributed by atoms with Gasteiger partial charge in [0, 0.05) is 31.8 Å². The second kappa shape index (κ2) is 10.0. The summed E-state index contributed by atoms with van der Waals surface area (Å²) >= 11 is 0. The molecule has 3 rings (SSSR count). The SMILES string of the molecule is Cl.O=C(OCc1ccccc1CN1CCOCC1)c1ccc([N+](=O)[O-])cc1. The van der Waals surface area contributed by atoms with Crippen LogP contribution in [0.4, 0.5) is 5.69 Å². The Kier molecular flexibility index (Phi) is 7.72. The molecule has 0 spiro atoms. The summed E-state index contributed by atoms with van der Waals surface area (Å²) in [7, 11) is 0.